The van der Waals surface area contributed by atoms with Crippen LogP contribution in [-0.4, -0.2) is 76.8 Å². The number of likely N-dealkylation sites (tertiary alicyclic amines) is 1. The molecule has 0 bridgehead atoms. The van der Waals surface area contributed by atoms with E-state index >= 15 is 0 Å². The number of alkyl halides is 3. The number of anilines is 1. The summed E-state index contributed by atoms with van der Waals surface area (Å²) in [4.78, 5) is 56.2. The van der Waals surface area contributed by atoms with Crippen molar-refractivity contribution in [2.24, 2.45) is 0 Å². The van der Waals surface area contributed by atoms with E-state index in [1.807, 2.05) is 19.9 Å². The Morgan fingerprint density at radius 3 is 2.63 bits per heavy atom. The van der Waals surface area contributed by atoms with Crippen molar-refractivity contribution in [3.63, 3.8) is 0 Å². The van der Waals surface area contributed by atoms with E-state index in [1.165, 1.54) is 10.8 Å². The lowest BCUT2D eigenvalue weighted by Crippen LogP contribution is -2.45. The molecular formula is C34H34ClF3N8O5. The number of halogens is 4. The van der Waals surface area contributed by atoms with Gasteiger partial charge in [-0.3, -0.25) is 14.4 Å². The summed E-state index contributed by atoms with van der Waals surface area (Å²) in [6.45, 7) is 6.44. The zero-order valence-electron chi connectivity index (χ0n) is 27.9. The van der Waals surface area contributed by atoms with Gasteiger partial charge in [-0.2, -0.15) is 22.7 Å². The molecule has 3 aliphatic rings. The van der Waals surface area contributed by atoms with Gasteiger partial charge >= 0.3 is 6.18 Å². The number of carbonyl (C=O) groups is 2. The maximum atomic E-state index is 14.4. The number of rotatable bonds is 5. The quantitative estimate of drug-likeness (QED) is 0.280. The van der Waals surface area contributed by atoms with Gasteiger partial charge in [-0.05, 0) is 75.1 Å². The molecule has 3 aromatic heterocycles. The number of ether oxygens (including phenoxy) is 1. The van der Waals surface area contributed by atoms with Crippen LogP contribution in [0.1, 0.15) is 96.2 Å². The summed E-state index contributed by atoms with van der Waals surface area (Å²) in [6.07, 6.45) is 0.0726. The van der Waals surface area contributed by atoms with Gasteiger partial charge in [-0.15, -0.1) is 5.10 Å². The monoisotopic (exact) mass is 726 g/mol. The minimum absolute atomic E-state index is 0.0124. The van der Waals surface area contributed by atoms with Gasteiger partial charge in [0.2, 0.25) is 11.7 Å². The Bertz CT molecular complexity index is 2170. The molecule has 17 heteroatoms. The highest BCUT2D eigenvalue weighted by Gasteiger charge is 2.42. The number of hydrogen-bond acceptors (Lipinski definition) is 9. The number of nitrogens with zero attached hydrogens (tertiary/aromatic N) is 7. The third kappa shape index (κ3) is 6.13. The lowest BCUT2D eigenvalue weighted by molar-refractivity contribution is -0.137. The first-order valence-electron chi connectivity index (χ1n) is 16.6. The molecule has 0 radical (unpaired) electrons. The van der Waals surface area contributed by atoms with E-state index in [2.05, 4.69) is 20.4 Å². The maximum Gasteiger partial charge on any atom is 0.416 e. The number of aromatic nitrogens is 6. The fraction of sp³-hybridized carbons (Fsp3) is 0.441. The van der Waals surface area contributed by atoms with Crippen molar-refractivity contribution in [1.82, 2.24) is 34.0 Å². The highest BCUT2D eigenvalue weighted by Crippen LogP contribution is 2.44. The van der Waals surface area contributed by atoms with Crippen LogP contribution < -0.4 is 10.9 Å². The summed E-state index contributed by atoms with van der Waals surface area (Å²) in [5.74, 6) is -1.39. The summed E-state index contributed by atoms with van der Waals surface area (Å²) in [7, 11) is 0. The number of benzene rings is 1. The van der Waals surface area contributed by atoms with Crippen LogP contribution in [0.4, 0.5) is 18.9 Å². The summed E-state index contributed by atoms with van der Waals surface area (Å²) >= 11 is 6.20. The van der Waals surface area contributed by atoms with E-state index < -0.39 is 29.6 Å². The van der Waals surface area contributed by atoms with Gasteiger partial charge < -0.3 is 24.6 Å². The van der Waals surface area contributed by atoms with E-state index in [0.717, 1.165) is 23.8 Å². The molecule has 4 aromatic rings. The number of aromatic hydroxyl groups is 1. The summed E-state index contributed by atoms with van der Waals surface area (Å²) in [6, 6.07) is 1.46. The van der Waals surface area contributed by atoms with Gasteiger partial charge in [0.15, 0.2) is 17.3 Å². The zero-order valence-corrected chi connectivity index (χ0v) is 28.6. The number of fused-ring (bicyclic) bond motifs is 3. The van der Waals surface area contributed by atoms with Crippen molar-refractivity contribution in [2.75, 3.05) is 25.1 Å². The van der Waals surface area contributed by atoms with Gasteiger partial charge in [0.05, 0.1) is 35.2 Å². The zero-order chi connectivity index (χ0) is 36.4. The van der Waals surface area contributed by atoms with Crippen molar-refractivity contribution in [2.45, 2.75) is 76.6 Å². The Labute approximate surface area is 294 Å². The molecule has 7 rings (SSSR count). The fourth-order valence-electron chi connectivity index (χ4n) is 7.40. The smallest absolute Gasteiger partial charge is 0.416 e. The average Bonchev–Trinajstić information content (AvgIpc) is 3.69. The molecule has 4 atom stereocenters. The third-order valence-electron chi connectivity index (χ3n) is 9.98. The highest BCUT2D eigenvalue weighted by molar-refractivity contribution is 6.33. The Kier molecular flexibility index (Phi) is 8.86. The molecule has 0 spiro atoms. The number of aryl methyl sites for hydroxylation is 1. The molecule has 2 amide bonds. The second-order valence-electron chi connectivity index (χ2n) is 13.2. The van der Waals surface area contributed by atoms with E-state index in [4.69, 9.17) is 21.3 Å². The second-order valence-corrected chi connectivity index (χ2v) is 13.6. The van der Waals surface area contributed by atoms with Crippen LogP contribution in [0.5, 0.6) is 5.75 Å². The predicted octanol–water partition coefficient (Wildman–Crippen LogP) is 5.27. The Hall–Kier alpha value is -4.83. The van der Waals surface area contributed by atoms with E-state index in [9.17, 15) is 32.7 Å². The van der Waals surface area contributed by atoms with Crippen molar-refractivity contribution in [3.05, 3.63) is 80.0 Å². The number of nitrogens with one attached hydrogen (secondary N) is 1. The topological polar surface area (TPSA) is 157 Å². The second kappa shape index (κ2) is 13.1. The molecule has 268 valence electrons. The van der Waals surface area contributed by atoms with Crippen LogP contribution in [-0.2, 0) is 15.7 Å². The number of hydrogen-bond donors (Lipinski definition) is 2. The molecule has 13 nitrogen and oxygen atoms in total. The molecule has 6 heterocycles. The normalized spacial score (nSPS) is 22.2. The molecule has 3 aliphatic heterocycles. The third-order valence-corrected chi connectivity index (χ3v) is 10.3. The van der Waals surface area contributed by atoms with E-state index in [-0.39, 0.29) is 70.0 Å². The van der Waals surface area contributed by atoms with Gasteiger partial charge in [0.25, 0.3) is 11.5 Å². The van der Waals surface area contributed by atoms with Gasteiger partial charge in [0, 0.05) is 23.8 Å². The molecule has 51 heavy (non-hydrogen) atoms. The standard InChI is InChI=1S/C34H34ClF3N8O5/c1-16-12-24(30(48)41-23-5-4-21(14-22(23)35)34(36,37)38)45-27(16)25(31(49)46-33(45)42-29(43-46)19-7-10-51-11-8-19)20-6-9-44(17(2)13-20)32(50)26-28(47)18(3)39-15-40-26/h4-5,7,14-17,20,24,47H,6,8-13H2,1-3H3,(H,41,48). The van der Waals surface area contributed by atoms with Crippen molar-refractivity contribution < 1.29 is 32.6 Å². The van der Waals surface area contributed by atoms with Crippen LogP contribution >= 0.6 is 11.6 Å². The minimum atomic E-state index is -4.61. The lowest BCUT2D eigenvalue weighted by Gasteiger charge is -2.38. The fourth-order valence-corrected chi connectivity index (χ4v) is 7.63. The first-order chi connectivity index (χ1) is 24.2. The number of piperidine rings is 1. The number of amides is 2. The minimum Gasteiger partial charge on any atom is -0.504 e. The van der Waals surface area contributed by atoms with Crippen LogP contribution in [0.3, 0.4) is 0 Å². The van der Waals surface area contributed by atoms with Crippen LogP contribution in [0, 0.1) is 6.92 Å². The summed E-state index contributed by atoms with van der Waals surface area (Å²) < 4.78 is 48.2. The first kappa shape index (κ1) is 34.6. The lowest BCUT2D eigenvalue weighted by atomic mass is 9.83. The van der Waals surface area contributed by atoms with Gasteiger partial charge in [-0.1, -0.05) is 24.6 Å². The Morgan fingerprint density at radius 1 is 1.16 bits per heavy atom. The SMILES string of the molecule is Cc1ncnc(C(=O)N2CCC(c3c4n(c5nc(C6=CCOCC6)nn5c3=O)C(C(=O)Nc3ccc(C(F)(F)F)cc3Cl)CC4C)CC2C)c1O. The van der Waals surface area contributed by atoms with Gasteiger partial charge in [-0.25, -0.2) is 9.97 Å². The molecule has 0 saturated carbocycles. The highest BCUT2D eigenvalue weighted by atomic mass is 35.5. The molecule has 0 aliphatic carbocycles. The molecular weight excluding hydrogens is 693 g/mol. The molecule has 1 fully saturated rings. The maximum absolute atomic E-state index is 14.4. The van der Waals surface area contributed by atoms with Crippen molar-refractivity contribution >= 4 is 40.5 Å². The van der Waals surface area contributed by atoms with E-state index in [0.29, 0.717) is 49.6 Å². The summed E-state index contributed by atoms with van der Waals surface area (Å²) in [5.41, 5.74) is 0.765. The number of carbonyl (C=O) groups excluding carboxylic acids is 2. The molecule has 4 unspecified atom stereocenters. The first-order valence-corrected chi connectivity index (χ1v) is 16.9. The molecule has 1 aromatic carbocycles. The molecule has 2 N–H and O–H groups in total. The summed E-state index contributed by atoms with van der Waals surface area (Å²) in [5, 5.41) is 17.5. The average molecular weight is 727 g/mol. The van der Waals surface area contributed by atoms with Gasteiger partial charge in [0.1, 0.15) is 12.4 Å². The predicted molar refractivity (Wildman–Crippen MR) is 179 cm³/mol. The Morgan fingerprint density at radius 2 is 1.94 bits per heavy atom. The largest absolute Gasteiger partial charge is 0.504 e. The molecule has 1 saturated heterocycles. The van der Waals surface area contributed by atoms with Crippen molar-refractivity contribution in [3.8, 4) is 5.75 Å². The van der Waals surface area contributed by atoms with Crippen molar-refractivity contribution in [1.29, 1.82) is 0 Å². The van der Waals surface area contributed by atoms with Crippen LogP contribution in [0.25, 0.3) is 11.4 Å². The Balaban J connectivity index is 1.28. The van der Waals surface area contributed by atoms with E-state index in [1.54, 1.807) is 16.4 Å². The van der Waals surface area contributed by atoms with Crippen LogP contribution in [0.15, 0.2) is 35.4 Å². The van der Waals surface area contributed by atoms with Crippen LogP contribution in [0.2, 0.25) is 5.02 Å².